The van der Waals surface area contributed by atoms with Crippen molar-refractivity contribution in [2.24, 2.45) is 12.5 Å². The molecular weight excluding hydrogens is 431 g/mol. The molecule has 0 saturated carbocycles. The molecule has 4 heterocycles. The standard InChI is InChI=1S/C18H25N5O2.C2HF3O2/c1-13-15(14(2)25-20-13)9-23-12-18(8-17(23)24)4-6-22(11-18)10-16-19-5-7-21(16)3;3-2(4,5)1(6)7/h5,7H,4,6,8-12H2,1-3H3;(H,6,7). The van der Waals surface area contributed by atoms with Gasteiger partial charge >= 0.3 is 12.1 Å². The zero-order valence-corrected chi connectivity index (χ0v) is 18.1. The van der Waals surface area contributed by atoms with Crippen LogP contribution in [0.4, 0.5) is 13.2 Å². The largest absolute Gasteiger partial charge is 0.490 e. The minimum absolute atomic E-state index is 0.0845. The van der Waals surface area contributed by atoms with Crippen molar-refractivity contribution in [2.75, 3.05) is 19.6 Å². The highest BCUT2D eigenvalue weighted by Gasteiger charge is 2.47. The number of aryl methyl sites for hydroxylation is 3. The molecule has 2 aromatic rings. The third-order valence-corrected chi connectivity index (χ3v) is 5.98. The number of nitrogens with zero attached hydrogens (tertiary/aromatic N) is 5. The van der Waals surface area contributed by atoms with Gasteiger partial charge in [-0.05, 0) is 26.8 Å². The summed E-state index contributed by atoms with van der Waals surface area (Å²) in [5.41, 5.74) is 2.02. The van der Waals surface area contributed by atoms with Crippen molar-refractivity contribution in [2.45, 2.75) is 46.0 Å². The Morgan fingerprint density at radius 3 is 2.50 bits per heavy atom. The van der Waals surface area contributed by atoms with Crippen molar-refractivity contribution >= 4 is 11.9 Å². The van der Waals surface area contributed by atoms with Gasteiger partial charge in [-0.3, -0.25) is 9.69 Å². The van der Waals surface area contributed by atoms with E-state index in [0.29, 0.717) is 13.0 Å². The fraction of sp³-hybridized carbons (Fsp3) is 0.600. The number of carboxylic acid groups (broad SMARTS) is 1. The van der Waals surface area contributed by atoms with Crippen molar-refractivity contribution in [3.63, 3.8) is 0 Å². The van der Waals surface area contributed by atoms with Gasteiger partial charge in [0.2, 0.25) is 5.91 Å². The number of imidazole rings is 1. The highest BCUT2D eigenvalue weighted by atomic mass is 19.4. The molecule has 1 unspecified atom stereocenters. The van der Waals surface area contributed by atoms with Crippen LogP contribution in [0.15, 0.2) is 16.9 Å². The number of carboxylic acids is 1. The van der Waals surface area contributed by atoms with Crippen molar-refractivity contribution in [1.29, 1.82) is 0 Å². The van der Waals surface area contributed by atoms with Gasteiger partial charge in [0.25, 0.3) is 0 Å². The zero-order chi connectivity index (χ0) is 23.7. The van der Waals surface area contributed by atoms with Crippen LogP contribution in [0.25, 0.3) is 0 Å². The maximum atomic E-state index is 12.6. The predicted molar refractivity (Wildman–Crippen MR) is 105 cm³/mol. The molecule has 4 rings (SSSR count). The van der Waals surface area contributed by atoms with Crippen LogP contribution < -0.4 is 0 Å². The number of aliphatic carboxylic acids is 1. The van der Waals surface area contributed by atoms with E-state index in [4.69, 9.17) is 14.4 Å². The van der Waals surface area contributed by atoms with Gasteiger partial charge in [-0.15, -0.1) is 0 Å². The predicted octanol–water partition coefficient (Wildman–Crippen LogP) is 2.28. The van der Waals surface area contributed by atoms with Crippen molar-refractivity contribution in [1.82, 2.24) is 24.5 Å². The molecule has 12 heteroatoms. The SMILES string of the molecule is Cc1noc(C)c1CN1CC2(CCN(Cc3nccn3C)C2)CC1=O.O=C(O)C(F)(F)F. The second-order valence-electron chi connectivity index (χ2n) is 8.45. The van der Waals surface area contributed by atoms with E-state index in [1.54, 1.807) is 0 Å². The molecule has 0 radical (unpaired) electrons. The Morgan fingerprint density at radius 1 is 1.28 bits per heavy atom. The van der Waals surface area contributed by atoms with Crippen LogP contribution in [0.5, 0.6) is 0 Å². The summed E-state index contributed by atoms with van der Waals surface area (Å²) < 4.78 is 39.0. The first-order chi connectivity index (χ1) is 14.9. The lowest BCUT2D eigenvalue weighted by molar-refractivity contribution is -0.192. The van der Waals surface area contributed by atoms with Crippen LogP contribution >= 0.6 is 0 Å². The number of hydrogen-bond donors (Lipinski definition) is 1. The molecule has 1 atom stereocenters. The number of amides is 1. The third kappa shape index (κ3) is 5.29. The normalized spacial score (nSPS) is 21.3. The molecule has 0 aliphatic carbocycles. The minimum Gasteiger partial charge on any atom is -0.475 e. The van der Waals surface area contributed by atoms with Gasteiger partial charge in [-0.25, -0.2) is 9.78 Å². The number of carbonyl (C=O) groups excluding carboxylic acids is 1. The summed E-state index contributed by atoms with van der Waals surface area (Å²) in [7, 11) is 2.03. The Labute approximate surface area is 182 Å². The second-order valence-corrected chi connectivity index (χ2v) is 8.45. The monoisotopic (exact) mass is 457 g/mol. The molecule has 0 aromatic carbocycles. The number of carbonyl (C=O) groups is 2. The molecule has 32 heavy (non-hydrogen) atoms. The first kappa shape index (κ1) is 23.8. The molecule has 1 N–H and O–H groups in total. The van der Waals surface area contributed by atoms with Crippen molar-refractivity contribution in [3.8, 4) is 0 Å². The first-order valence-electron chi connectivity index (χ1n) is 10.1. The van der Waals surface area contributed by atoms with Crippen LogP contribution in [0.1, 0.15) is 35.7 Å². The van der Waals surface area contributed by atoms with E-state index < -0.39 is 12.1 Å². The maximum absolute atomic E-state index is 12.6. The molecule has 176 valence electrons. The Balaban J connectivity index is 0.000000360. The maximum Gasteiger partial charge on any atom is 0.490 e. The number of aromatic nitrogens is 3. The van der Waals surface area contributed by atoms with Gasteiger partial charge in [0.05, 0.1) is 18.8 Å². The second kappa shape index (κ2) is 8.93. The fourth-order valence-electron chi connectivity index (χ4n) is 4.23. The topological polar surface area (TPSA) is 105 Å². The third-order valence-electron chi connectivity index (χ3n) is 5.98. The molecular formula is C20H26F3N5O4. The van der Waals surface area contributed by atoms with E-state index >= 15 is 0 Å². The number of hydrogen-bond acceptors (Lipinski definition) is 6. The van der Waals surface area contributed by atoms with Gasteiger partial charge in [-0.2, -0.15) is 13.2 Å². The molecule has 1 spiro atoms. The minimum atomic E-state index is -5.08. The van der Waals surface area contributed by atoms with E-state index in [9.17, 15) is 18.0 Å². The smallest absolute Gasteiger partial charge is 0.475 e. The lowest BCUT2D eigenvalue weighted by atomic mass is 9.86. The number of halogens is 3. The molecule has 2 aliphatic heterocycles. The average Bonchev–Trinajstić information content (AvgIpc) is 3.43. The van der Waals surface area contributed by atoms with E-state index in [0.717, 1.165) is 55.4 Å². The van der Waals surface area contributed by atoms with Gasteiger partial charge in [-0.1, -0.05) is 5.16 Å². The molecule has 2 aliphatic rings. The van der Waals surface area contributed by atoms with Gasteiger partial charge in [0, 0.05) is 49.9 Å². The van der Waals surface area contributed by atoms with Gasteiger partial charge < -0.3 is 19.1 Å². The molecule has 9 nitrogen and oxygen atoms in total. The van der Waals surface area contributed by atoms with Crippen molar-refractivity contribution < 1.29 is 32.4 Å². The van der Waals surface area contributed by atoms with E-state index in [2.05, 4.69) is 19.6 Å². The van der Waals surface area contributed by atoms with Crippen molar-refractivity contribution in [3.05, 3.63) is 35.2 Å². The van der Waals surface area contributed by atoms with Gasteiger partial charge in [0.1, 0.15) is 11.6 Å². The lowest BCUT2D eigenvalue weighted by Crippen LogP contribution is -2.31. The molecule has 2 fully saturated rings. The zero-order valence-electron chi connectivity index (χ0n) is 18.1. The fourth-order valence-corrected chi connectivity index (χ4v) is 4.23. The summed E-state index contributed by atoms with van der Waals surface area (Å²) in [5, 5.41) is 11.1. The van der Waals surface area contributed by atoms with E-state index in [1.807, 2.05) is 38.2 Å². The van der Waals surface area contributed by atoms with E-state index in [1.165, 1.54) is 0 Å². The van der Waals surface area contributed by atoms with Gasteiger partial charge in [0.15, 0.2) is 0 Å². The Hall–Kier alpha value is -2.89. The molecule has 2 aromatic heterocycles. The van der Waals surface area contributed by atoms with Crippen LogP contribution in [0.3, 0.4) is 0 Å². The van der Waals surface area contributed by atoms with Crippen LogP contribution in [-0.4, -0.2) is 67.3 Å². The Kier molecular flexibility index (Phi) is 6.63. The van der Waals surface area contributed by atoms with Crippen LogP contribution in [0.2, 0.25) is 0 Å². The summed E-state index contributed by atoms with van der Waals surface area (Å²) >= 11 is 0. The summed E-state index contributed by atoms with van der Waals surface area (Å²) in [5.74, 6) is -0.616. The number of rotatable bonds is 4. The van der Waals surface area contributed by atoms with Crippen LogP contribution in [-0.2, 0) is 29.7 Å². The molecule has 1 amide bonds. The highest BCUT2D eigenvalue weighted by molar-refractivity contribution is 5.79. The number of alkyl halides is 3. The number of likely N-dealkylation sites (tertiary alicyclic amines) is 2. The summed E-state index contributed by atoms with van der Waals surface area (Å²) in [4.78, 5) is 30.3. The summed E-state index contributed by atoms with van der Waals surface area (Å²) in [6.07, 6.45) is 0.450. The first-order valence-corrected chi connectivity index (χ1v) is 10.1. The Morgan fingerprint density at radius 2 is 1.97 bits per heavy atom. The average molecular weight is 457 g/mol. The van der Waals surface area contributed by atoms with Crippen LogP contribution in [0, 0.1) is 19.3 Å². The molecule has 0 bridgehead atoms. The molecule has 2 saturated heterocycles. The van der Waals surface area contributed by atoms with E-state index in [-0.39, 0.29) is 11.3 Å². The summed E-state index contributed by atoms with van der Waals surface area (Å²) in [6, 6.07) is 0. The quantitative estimate of drug-likeness (QED) is 0.751. The highest BCUT2D eigenvalue weighted by Crippen LogP contribution is 2.41. The summed E-state index contributed by atoms with van der Waals surface area (Å²) in [6.45, 7) is 8.13. The lowest BCUT2D eigenvalue weighted by Gasteiger charge is -2.24. The Bertz CT molecular complexity index is 967.